The van der Waals surface area contributed by atoms with Gasteiger partial charge in [0.2, 0.25) is 17.7 Å². The van der Waals surface area contributed by atoms with E-state index in [1.165, 1.54) is 0 Å². The molecule has 0 bridgehead atoms. The Bertz CT molecular complexity index is 1150. The van der Waals surface area contributed by atoms with Crippen molar-refractivity contribution in [2.75, 3.05) is 70.6 Å². The van der Waals surface area contributed by atoms with Crippen molar-refractivity contribution in [1.82, 2.24) is 30.0 Å². The number of imidazole rings is 1. The summed E-state index contributed by atoms with van der Waals surface area (Å²) in [4.78, 5) is 23.8. The van der Waals surface area contributed by atoms with Crippen molar-refractivity contribution < 1.29 is 18.7 Å². The number of rotatable bonds is 5. The highest BCUT2D eigenvalue weighted by atomic mass is 16.5. The Morgan fingerprint density at radius 2 is 1.79 bits per heavy atom. The molecule has 1 fully saturated rings. The van der Waals surface area contributed by atoms with Crippen molar-refractivity contribution in [1.29, 1.82) is 0 Å². The number of methoxy groups -OCH3 is 1. The smallest absolute Gasteiger partial charge is 0.276 e. The second kappa shape index (κ2) is 9.31. The first-order chi connectivity index (χ1) is 16.5. The molecule has 0 atom stereocenters. The van der Waals surface area contributed by atoms with Crippen molar-refractivity contribution in [2.45, 2.75) is 6.54 Å². The number of anilines is 2. The molecule has 2 aromatic heterocycles. The lowest BCUT2D eigenvalue weighted by Crippen LogP contribution is -2.45. The third-order valence-electron chi connectivity index (χ3n) is 5.91. The van der Waals surface area contributed by atoms with Gasteiger partial charge in [-0.2, -0.15) is 4.98 Å². The van der Waals surface area contributed by atoms with E-state index in [-0.39, 0.29) is 19.2 Å². The highest BCUT2D eigenvalue weighted by Crippen LogP contribution is 2.30. The van der Waals surface area contributed by atoms with Crippen LogP contribution < -0.4 is 19.9 Å². The molecule has 5 rings (SSSR count). The summed E-state index contributed by atoms with van der Waals surface area (Å²) in [5.41, 5.74) is 1.27. The Morgan fingerprint density at radius 1 is 1.06 bits per heavy atom. The Hall–Kier alpha value is -3.64. The molecule has 4 heterocycles. The third kappa shape index (κ3) is 4.17. The zero-order valence-electron chi connectivity index (χ0n) is 19.5. The highest BCUT2D eigenvalue weighted by Gasteiger charge is 2.32. The van der Waals surface area contributed by atoms with Crippen molar-refractivity contribution in [3.63, 3.8) is 0 Å². The lowest BCUT2D eigenvalue weighted by atomic mass is 10.2. The van der Waals surface area contributed by atoms with E-state index in [1.807, 2.05) is 40.8 Å². The monoisotopic (exact) mass is 468 g/mol. The molecule has 0 saturated carbocycles. The van der Waals surface area contributed by atoms with Crippen LogP contribution in [0.2, 0.25) is 0 Å². The molecule has 2 aliphatic heterocycles. The van der Waals surface area contributed by atoms with Crippen LogP contribution in [0.25, 0.3) is 11.5 Å². The zero-order chi connectivity index (χ0) is 23.7. The molecule has 1 N–H and O–H groups in total. The van der Waals surface area contributed by atoms with E-state index >= 15 is 0 Å². The standard InChI is InChI=1S/C22H28N8O4/c1-27-13-33-14-28(2)21(31)18-19(27)24-22(29-10-8-23-9-11-29)30(18)12-17-25-26-20(34-17)15-4-6-16(32-3)7-5-15/h4-7,23H,8-14H2,1-3H3. The lowest BCUT2D eigenvalue weighted by Gasteiger charge is -2.29. The van der Waals surface area contributed by atoms with E-state index in [9.17, 15) is 4.79 Å². The fourth-order valence-electron chi connectivity index (χ4n) is 4.08. The summed E-state index contributed by atoms with van der Waals surface area (Å²) < 4.78 is 18.7. The molecule has 12 heteroatoms. The normalized spacial score (nSPS) is 16.9. The maximum Gasteiger partial charge on any atom is 0.276 e. The Morgan fingerprint density at radius 3 is 2.53 bits per heavy atom. The number of carbonyl (C=O) groups is 1. The van der Waals surface area contributed by atoms with Crippen LogP contribution in [-0.4, -0.2) is 91.4 Å². The number of aromatic nitrogens is 4. The fourth-order valence-corrected chi connectivity index (χ4v) is 4.08. The summed E-state index contributed by atoms with van der Waals surface area (Å²) in [6, 6.07) is 7.41. The van der Waals surface area contributed by atoms with Gasteiger partial charge in [-0.15, -0.1) is 10.2 Å². The van der Waals surface area contributed by atoms with E-state index < -0.39 is 0 Å². The second-order valence-electron chi connectivity index (χ2n) is 8.30. The fraction of sp³-hybridized carbons (Fsp3) is 0.455. The molecule has 2 aliphatic rings. The van der Waals surface area contributed by atoms with Crippen LogP contribution in [0.4, 0.5) is 11.8 Å². The van der Waals surface area contributed by atoms with Crippen LogP contribution in [0, 0.1) is 0 Å². The molecular formula is C22H28N8O4. The van der Waals surface area contributed by atoms with Crippen LogP contribution in [0.5, 0.6) is 5.75 Å². The van der Waals surface area contributed by atoms with Gasteiger partial charge in [-0.05, 0) is 24.3 Å². The minimum absolute atomic E-state index is 0.176. The summed E-state index contributed by atoms with van der Waals surface area (Å²) >= 11 is 0. The average molecular weight is 469 g/mol. The summed E-state index contributed by atoms with van der Waals surface area (Å²) in [5.74, 6) is 2.63. The largest absolute Gasteiger partial charge is 0.497 e. The van der Waals surface area contributed by atoms with Gasteiger partial charge in [-0.3, -0.25) is 9.36 Å². The first-order valence-corrected chi connectivity index (χ1v) is 11.1. The van der Waals surface area contributed by atoms with Gasteiger partial charge in [-0.1, -0.05) is 0 Å². The zero-order valence-corrected chi connectivity index (χ0v) is 19.5. The molecular weight excluding hydrogens is 440 g/mol. The average Bonchev–Trinajstić information content (AvgIpc) is 3.49. The molecule has 1 saturated heterocycles. The molecule has 1 amide bonds. The third-order valence-corrected chi connectivity index (χ3v) is 5.91. The molecule has 34 heavy (non-hydrogen) atoms. The van der Waals surface area contributed by atoms with Crippen LogP contribution in [0.15, 0.2) is 28.7 Å². The van der Waals surface area contributed by atoms with Crippen molar-refractivity contribution in [2.24, 2.45) is 0 Å². The molecule has 0 radical (unpaired) electrons. The van der Waals surface area contributed by atoms with Gasteiger partial charge in [0, 0.05) is 45.8 Å². The SMILES string of the molecule is COc1ccc(-c2nnc(Cn3c(N4CCNCC4)nc4c3C(=O)N(C)COCN4C)o2)cc1. The second-order valence-corrected chi connectivity index (χ2v) is 8.30. The number of hydrogen-bond acceptors (Lipinski definition) is 10. The highest BCUT2D eigenvalue weighted by molar-refractivity contribution is 5.98. The van der Waals surface area contributed by atoms with Crippen LogP contribution in [-0.2, 0) is 11.3 Å². The molecule has 180 valence electrons. The summed E-state index contributed by atoms with van der Waals surface area (Å²) in [7, 11) is 5.20. The number of carbonyl (C=O) groups excluding carboxylic acids is 1. The lowest BCUT2D eigenvalue weighted by molar-refractivity contribution is 0.0312. The van der Waals surface area contributed by atoms with Gasteiger partial charge in [0.05, 0.1) is 7.11 Å². The summed E-state index contributed by atoms with van der Waals surface area (Å²) in [5, 5.41) is 11.8. The minimum atomic E-state index is -0.176. The Labute approximate surface area is 197 Å². The minimum Gasteiger partial charge on any atom is -0.497 e. The number of ether oxygens (including phenoxy) is 2. The maximum absolute atomic E-state index is 13.4. The van der Waals surface area contributed by atoms with Crippen LogP contribution in [0.3, 0.4) is 0 Å². The van der Waals surface area contributed by atoms with E-state index in [0.717, 1.165) is 37.5 Å². The van der Waals surface area contributed by atoms with Gasteiger partial charge in [0.15, 0.2) is 11.5 Å². The van der Waals surface area contributed by atoms with E-state index in [0.29, 0.717) is 36.0 Å². The van der Waals surface area contributed by atoms with Crippen LogP contribution >= 0.6 is 0 Å². The maximum atomic E-state index is 13.4. The van der Waals surface area contributed by atoms with Crippen molar-refractivity contribution in [3.05, 3.63) is 35.9 Å². The molecule has 0 aliphatic carbocycles. The predicted octanol–water partition coefficient (Wildman–Crippen LogP) is 0.853. The number of nitrogens with one attached hydrogen (secondary N) is 1. The molecule has 3 aromatic rings. The van der Waals surface area contributed by atoms with E-state index in [2.05, 4.69) is 20.4 Å². The molecule has 1 aromatic carbocycles. The van der Waals surface area contributed by atoms with Crippen molar-refractivity contribution in [3.8, 4) is 17.2 Å². The molecule has 0 unspecified atom stereocenters. The quantitative estimate of drug-likeness (QED) is 0.578. The van der Waals surface area contributed by atoms with Gasteiger partial charge in [0.25, 0.3) is 5.91 Å². The summed E-state index contributed by atoms with van der Waals surface area (Å²) in [6.45, 7) is 3.98. The number of piperazine rings is 1. The number of amides is 1. The van der Waals surface area contributed by atoms with Gasteiger partial charge < -0.3 is 33.9 Å². The predicted molar refractivity (Wildman–Crippen MR) is 124 cm³/mol. The van der Waals surface area contributed by atoms with Crippen molar-refractivity contribution >= 4 is 17.7 Å². The van der Waals surface area contributed by atoms with Gasteiger partial charge in [0.1, 0.15) is 25.8 Å². The number of fused-ring (bicyclic) bond motifs is 1. The van der Waals surface area contributed by atoms with E-state index in [4.69, 9.17) is 18.9 Å². The first kappa shape index (κ1) is 22.2. The van der Waals surface area contributed by atoms with Gasteiger partial charge in [-0.25, -0.2) is 0 Å². The van der Waals surface area contributed by atoms with E-state index in [1.54, 1.807) is 19.1 Å². The molecule has 0 spiro atoms. The van der Waals surface area contributed by atoms with Crippen LogP contribution in [0.1, 0.15) is 16.4 Å². The molecule has 12 nitrogen and oxygen atoms in total. The topological polar surface area (TPSA) is 114 Å². The summed E-state index contributed by atoms with van der Waals surface area (Å²) in [6.07, 6.45) is 0. The van der Waals surface area contributed by atoms with Gasteiger partial charge >= 0.3 is 0 Å². The Balaban J connectivity index is 1.54. The Kier molecular flexibility index (Phi) is 6.07. The number of benzene rings is 1. The number of nitrogens with zero attached hydrogens (tertiary/aromatic N) is 7. The number of hydrogen-bond donors (Lipinski definition) is 1. The first-order valence-electron chi connectivity index (χ1n) is 11.1.